The highest BCUT2D eigenvalue weighted by Crippen LogP contribution is 2.17. The molecule has 2 amide bonds. The zero-order chi connectivity index (χ0) is 14.7. The van der Waals surface area contributed by atoms with Crippen LogP contribution in [0.5, 0.6) is 5.75 Å². The van der Waals surface area contributed by atoms with E-state index in [1.165, 1.54) is 19.2 Å². The molecule has 6 heteroatoms. The van der Waals surface area contributed by atoms with Crippen LogP contribution < -0.4 is 0 Å². The van der Waals surface area contributed by atoms with Crippen molar-refractivity contribution in [3.05, 3.63) is 42.0 Å². The summed E-state index contributed by atoms with van der Waals surface area (Å²) >= 11 is 0. The Hall–Kier alpha value is -2.63. The molecule has 1 heterocycles. The van der Waals surface area contributed by atoms with Gasteiger partial charge in [-0.2, -0.15) is 0 Å². The van der Waals surface area contributed by atoms with Gasteiger partial charge in [0.05, 0.1) is 7.11 Å². The van der Waals surface area contributed by atoms with Crippen molar-refractivity contribution < 1.29 is 24.2 Å². The highest BCUT2D eigenvalue weighted by molar-refractivity contribution is 6.14. The zero-order valence-corrected chi connectivity index (χ0v) is 10.8. The Morgan fingerprint density at radius 1 is 1.20 bits per heavy atom. The molecule has 0 fully saturated rings. The largest absolute Gasteiger partial charge is 0.508 e. The van der Waals surface area contributed by atoms with E-state index in [4.69, 9.17) is 0 Å². The van der Waals surface area contributed by atoms with E-state index in [2.05, 4.69) is 4.74 Å². The van der Waals surface area contributed by atoms with Crippen LogP contribution in [0, 0.1) is 0 Å². The van der Waals surface area contributed by atoms with Gasteiger partial charge in [-0.05, 0) is 17.7 Å². The van der Waals surface area contributed by atoms with Crippen molar-refractivity contribution in [2.45, 2.75) is 12.5 Å². The van der Waals surface area contributed by atoms with Crippen molar-refractivity contribution in [3.8, 4) is 5.75 Å². The summed E-state index contributed by atoms with van der Waals surface area (Å²) in [7, 11) is 1.20. The Kier molecular flexibility index (Phi) is 3.84. The van der Waals surface area contributed by atoms with Gasteiger partial charge >= 0.3 is 5.97 Å². The van der Waals surface area contributed by atoms with Crippen molar-refractivity contribution in [2.24, 2.45) is 0 Å². The predicted octanol–water partition coefficient (Wildman–Crippen LogP) is 0.401. The Morgan fingerprint density at radius 3 is 2.25 bits per heavy atom. The zero-order valence-electron chi connectivity index (χ0n) is 10.8. The van der Waals surface area contributed by atoms with Gasteiger partial charge in [0, 0.05) is 18.6 Å². The number of nitrogens with zero attached hydrogens (tertiary/aromatic N) is 1. The first-order chi connectivity index (χ1) is 9.52. The molecule has 104 valence electrons. The number of carbonyl (C=O) groups excluding carboxylic acids is 3. The van der Waals surface area contributed by atoms with Gasteiger partial charge in [0.15, 0.2) is 0 Å². The minimum Gasteiger partial charge on any atom is -0.508 e. The number of benzene rings is 1. The van der Waals surface area contributed by atoms with Crippen molar-refractivity contribution in [2.75, 3.05) is 7.11 Å². The second kappa shape index (κ2) is 5.56. The maximum atomic E-state index is 11.8. The lowest BCUT2D eigenvalue weighted by Gasteiger charge is -2.23. The smallest absolute Gasteiger partial charge is 0.329 e. The van der Waals surface area contributed by atoms with Crippen molar-refractivity contribution in [3.63, 3.8) is 0 Å². The van der Waals surface area contributed by atoms with Crippen LogP contribution >= 0.6 is 0 Å². The summed E-state index contributed by atoms with van der Waals surface area (Å²) in [4.78, 5) is 36.0. The standard InChI is InChI=1S/C14H13NO5/c1-20-14(19)11(15-12(17)6-7-13(15)18)8-9-2-4-10(16)5-3-9/h2-7,11,16H,8H2,1H3/t11-/m0/s1. The van der Waals surface area contributed by atoms with Gasteiger partial charge in [0.2, 0.25) is 0 Å². The third kappa shape index (κ3) is 2.69. The lowest BCUT2D eigenvalue weighted by molar-refractivity contribution is -0.155. The van der Waals surface area contributed by atoms with Crippen molar-refractivity contribution in [1.29, 1.82) is 0 Å². The molecule has 0 aliphatic carbocycles. The summed E-state index contributed by atoms with van der Waals surface area (Å²) in [5.41, 5.74) is 0.700. The maximum absolute atomic E-state index is 11.8. The molecule has 6 nitrogen and oxygen atoms in total. The molecule has 1 atom stereocenters. The number of phenols is 1. The van der Waals surface area contributed by atoms with E-state index in [1.54, 1.807) is 12.1 Å². The van der Waals surface area contributed by atoms with Gasteiger partial charge in [0.25, 0.3) is 11.8 Å². The van der Waals surface area contributed by atoms with E-state index in [-0.39, 0.29) is 12.2 Å². The van der Waals surface area contributed by atoms with Gasteiger partial charge in [-0.25, -0.2) is 4.79 Å². The molecular weight excluding hydrogens is 262 g/mol. The minimum atomic E-state index is -1.01. The van der Waals surface area contributed by atoms with Gasteiger partial charge < -0.3 is 9.84 Å². The average molecular weight is 275 g/mol. The molecule has 1 aromatic carbocycles. The van der Waals surface area contributed by atoms with Crippen LogP contribution in [0.15, 0.2) is 36.4 Å². The number of rotatable bonds is 4. The molecule has 0 spiro atoms. The van der Waals surface area contributed by atoms with E-state index < -0.39 is 23.8 Å². The lowest BCUT2D eigenvalue weighted by atomic mass is 10.0. The highest BCUT2D eigenvalue weighted by atomic mass is 16.5. The molecule has 20 heavy (non-hydrogen) atoms. The molecule has 1 aromatic rings. The Labute approximate surface area is 115 Å². The third-order valence-electron chi connectivity index (χ3n) is 2.99. The minimum absolute atomic E-state index is 0.0957. The van der Waals surface area contributed by atoms with Crippen LogP contribution in [0.2, 0.25) is 0 Å². The lowest BCUT2D eigenvalue weighted by Crippen LogP contribution is -2.46. The number of carbonyl (C=O) groups is 3. The first-order valence-corrected chi connectivity index (χ1v) is 5.94. The summed E-state index contributed by atoms with van der Waals surface area (Å²) in [6.45, 7) is 0. The number of aromatic hydroxyl groups is 1. The number of ether oxygens (including phenoxy) is 1. The van der Waals surface area contributed by atoms with Crippen molar-refractivity contribution >= 4 is 17.8 Å². The first-order valence-electron chi connectivity index (χ1n) is 5.94. The molecule has 0 bridgehead atoms. The number of hydrogen-bond donors (Lipinski definition) is 1. The van der Waals surface area contributed by atoms with E-state index in [9.17, 15) is 19.5 Å². The van der Waals surface area contributed by atoms with E-state index in [1.807, 2.05) is 0 Å². The van der Waals surface area contributed by atoms with E-state index in [0.29, 0.717) is 5.56 Å². The quantitative estimate of drug-likeness (QED) is 0.635. The number of amides is 2. The fourth-order valence-electron chi connectivity index (χ4n) is 1.99. The van der Waals surface area contributed by atoms with Crippen LogP contribution in [0.3, 0.4) is 0 Å². The number of hydrogen-bond acceptors (Lipinski definition) is 5. The SMILES string of the molecule is COC(=O)[C@H](Cc1ccc(O)cc1)N1C(=O)C=CC1=O. The fraction of sp³-hybridized carbons (Fsp3) is 0.214. The molecule has 1 N–H and O–H groups in total. The van der Waals surface area contributed by atoms with Crippen LogP contribution in [-0.2, 0) is 25.5 Å². The van der Waals surface area contributed by atoms with Crippen LogP contribution in [0.1, 0.15) is 5.56 Å². The fourth-order valence-corrected chi connectivity index (χ4v) is 1.99. The summed E-state index contributed by atoms with van der Waals surface area (Å²) < 4.78 is 4.66. The van der Waals surface area contributed by atoms with Crippen LogP contribution in [0.4, 0.5) is 0 Å². The molecule has 0 radical (unpaired) electrons. The number of imide groups is 1. The molecule has 0 saturated carbocycles. The second-order valence-electron chi connectivity index (χ2n) is 4.29. The molecule has 1 aliphatic heterocycles. The van der Waals surface area contributed by atoms with Gasteiger partial charge in [-0.3, -0.25) is 14.5 Å². The number of phenolic OH excluding ortho intramolecular Hbond substituents is 1. The van der Waals surface area contributed by atoms with Gasteiger partial charge in [0.1, 0.15) is 11.8 Å². The van der Waals surface area contributed by atoms with Crippen molar-refractivity contribution in [1.82, 2.24) is 4.90 Å². The van der Waals surface area contributed by atoms with E-state index in [0.717, 1.165) is 17.1 Å². The molecule has 2 rings (SSSR count). The van der Waals surface area contributed by atoms with Crippen LogP contribution in [-0.4, -0.2) is 40.9 Å². The molecule has 0 aromatic heterocycles. The second-order valence-corrected chi connectivity index (χ2v) is 4.29. The molecular formula is C14H13NO5. The Bertz CT molecular complexity index is 558. The maximum Gasteiger partial charge on any atom is 0.329 e. The highest BCUT2D eigenvalue weighted by Gasteiger charge is 2.36. The number of methoxy groups -OCH3 is 1. The topological polar surface area (TPSA) is 83.9 Å². The summed E-state index contributed by atoms with van der Waals surface area (Å²) in [5, 5.41) is 9.22. The summed E-state index contributed by atoms with van der Waals surface area (Å²) in [6.07, 6.45) is 2.37. The van der Waals surface area contributed by atoms with E-state index >= 15 is 0 Å². The Balaban J connectivity index is 2.24. The third-order valence-corrected chi connectivity index (χ3v) is 2.99. The number of esters is 1. The summed E-state index contributed by atoms with van der Waals surface area (Å²) in [6, 6.07) is 5.15. The Morgan fingerprint density at radius 2 is 1.75 bits per heavy atom. The summed E-state index contributed by atoms with van der Waals surface area (Å²) in [5.74, 6) is -1.64. The average Bonchev–Trinajstić information content (AvgIpc) is 2.77. The normalized spacial score (nSPS) is 15.6. The monoisotopic (exact) mass is 275 g/mol. The first kappa shape index (κ1) is 13.8. The molecule has 0 saturated heterocycles. The predicted molar refractivity (Wildman–Crippen MR) is 68.6 cm³/mol. The van der Waals surface area contributed by atoms with Gasteiger partial charge in [-0.15, -0.1) is 0 Å². The van der Waals surface area contributed by atoms with Gasteiger partial charge in [-0.1, -0.05) is 12.1 Å². The van der Waals surface area contributed by atoms with Crippen LogP contribution in [0.25, 0.3) is 0 Å². The molecule has 0 unspecified atom stereocenters. The molecule has 1 aliphatic rings.